The molecule has 20 heavy (non-hydrogen) atoms. The molecule has 0 spiro atoms. The summed E-state index contributed by atoms with van der Waals surface area (Å²) in [4.78, 5) is 12.8. The van der Waals surface area contributed by atoms with Crippen molar-refractivity contribution in [3.05, 3.63) is 22.7 Å². The standard InChI is InChI=1S/C14H20ClNO4/c1-9(14(17)18)7-16(2)8-10-5-6-11(19-3)13(20-4)12(10)15/h5-6,9H,7-8H2,1-4H3,(H,17,18). The number of carboxylic acids is 1. The molecule has 1 aromatic rings. The van der Waals surface area contributed by atoms with Crippen LogP contribution in [0.1, 0.15) is 12.5 Å². The highest BCUT2D eigenvalue weighted by Gasteiger charge is 2.17. The molecule has 0 heterocycles. The molecule has 0 saturated carbocycles. The Kier molecular flexibility index (Phi) is 6.10. The Hall–Kier alpha value is -1.46. The molecule has 0 amide bonds. The van der Waals surface area contributed by atoms with Crippen molar-refractivity contribution in [1.29, 1.82) is 0 Å². The Labute approximate surface area is 124 Å². The Balaban J connectivity index is 2.85. The van der Waals surface area contributed by atoms with Gasteiger partial charge in [-0.05, 0) is 18.7 Å². The van der Waals surface area contributed by atoms with Gasteiger partial charge in [-0.15, -0.1) is 0 Å². The minimum atomic E-state index is -0.810. The first kappa shape index (κ1) is 16.6. The van der Waals surface area contributed by atoms with E-state index < -0.39 is 11.9 Å². The van der Waals surface area contributed by atoms with E-state index in [2.05, 4.69) is 0 Å². The molecule has 0 radical (unpaired) electrons. The van der Waals surface area contributed by atoms with Crippen LogP contribution < -0.4 is 9.47 Å². The molecule has 1 rings (SSSR count). The normalized spacial score (nSPS) is 12.3. The fourth-order valence-electron chi connectivity index (χ4n) is 1.95. The zero-order chi connectivity index (χ0) is 15.3. The minimum Gasteiger partial charge on any atom is -0.493 e. The van der Waals surface area contributed by atoms with Gasteiger partial charge in [-0.3, -0.25) is 4.79 Å². The number of methoxy groups -OCH3 is 2. The number of carbonyl (C=O) groups is 1. The molecule has 0 bridgehead atoms. The predicted molar refractivity (Wildman–Crippen MR) is 77.7 cm³/mol. The summed E-state index contributed by atoms with van der Waals surface area (Å²) in [7, 11) is 4.94. The summed E-state index contributed by atoms with van der Waals surface area (Å²) in [6.07, 6.45) is 0. The molecule has 0 aromatic heterocycles. The van der Waals surface area contributed by atoms with Crippen molar-refractivity contribution in [2.24, 2.45) is 5.92 Å². The van der Waals surface area contributed by atoms with Gasteiger partial charge in [0, 0.05) is 13.1 Å². The van der Waals surface area contributed by atoms with E-state index in [1.807, 2.05) is 18.0 Å². The molecule has 0 saturated heterocycles. The second-order valence-electron chi connectivity index (χ2n) is 4.71. The highest BCUT2D eigenvalue weighted by Crippen LogP contribution is 2.37. The fraction of sp³-hybridized carbons (Fsp3) is 0.500. The summed E-state index contributed by atoms with van der Waals surface area (Å²) in [6.45, 7) is 2.66. The maximum atomic E-state index is 10.8. The Morgan fingerprint density at radius 3 is 2.55 bits per heavy atom. The van der Waals surface area contributed by atoms with E-state index in [1.165, 1.54) is 7.11 Å². The van der Waals surface area contributed by atoms with Gasteiger partial charge in [-0.2, -0.15) is 0 Å². The molecule has 0 aliphatic rings. The molecule has 1 aromatic carbocycles. The minimum absolute atomic E-state index is 0.432. The van der Waals surface area contributed by atoms with Gasteiger partial charge < -0.3 is 19.5 Å². The van der Waals surface area contributed by atoms with Gasteiger partial charge in [0.25, 0.3) is 0 Å². The molecule has 6 heteroatoms. The van der Waals surface area contributed by atoms with Gasteiger partial charge in [-0.1, -0.05) is 24.6 Å². The smallest absolute Gasteiger partial charge is 0.307 e. The van der Waals surface area contributed by atoms with Crippen molar-refractivity contribution < 1.29 is 19.4 Å². The average Bonchev–Trinajstić information content (AvgIpc) is 2.40. The number of carboxylic acid groups (broad SMARTS) is 1. The lowest BCUT2D eigenvalue weighted by atomic mass is 10.1. The monoisotopic (exact) mass is 301 g/mol. The second-order valence-corrected chi connectivity index (χ2v) is 5.09. The van der Waals surface area contributed by atoms with E-state index in [-0.39, 0.29) is 0 Å². The summed E-state index contributed by atoms with van der Waals surface area (Å²) >= 11 is 6.29. The molecule has 1 unspecified atom stereocenters. The third-order valence-electron chi connectivity index (χ3n) is 3.01. The van der Waals surface area contributed by atoms with Crippen molar-refractivity contribution in [3.8, 4) is 11.5 Å². The molecule has 112 valence electrons. The summed E-state index contributed by atoms with van der Waals surface area (Å²) in [6, 6.07) is 3.64. The van der Waals surface area contributed by atoms with Gasteiger partial charge in [0.2, 0.25) is 0 Å². The quantitative estimate of drug-likeness (QED) is 0.838. The van der Waals surface area contributed by atoms with Crippen molar-refractivity contribution in [1.82, 2.24) is 4.90 Å². The van der Waals surface area contributed by atoms with Gasteiger partial charge >= 0.3 is 5.97 Å². The SMILES string of the molecule is COc1ccc(CN(C)CC(C)C(=O)O)c(Cl)c1OC. The van der Waals surface area contributed by atoms with E-state index >= 15 is 0 Å². The van der Waals surface area contributed by atoms with Crippen LogP contribution >= 0.6 is 11.6 Å². The molecule has 1 N–H and O–H groups in total. The van der Waals surface area contributed by atoms with Crippen LogP contribution in [0, 0.1) is 5.92 Å². The lowest BCUT2D eigenvalue weighted by Gasteiger charge is -2.20. The van der Waals surface area contributed by atoms with E-state index in [0.29, 0.717) is 29.6 Å². The number of benzene rings is 1. The molecular weight excluding hydrogens is 282 g/mol. The summed E-state index contributed by atoms with van der Waals surface area (Å²) < 4.78 is 10.4. The number of halogens is 1. The van der Waals surface area contributed by atoms with E-state index in [4.69, 9.17) is 26.2 Å². The largest absolute Gasteiger partial charge is 0.493 e. The van der Waals surface area contributed by atoms with Gasteiger partial charge in [0.15, 0.2) is 11.5 Å². The number of hydrogen-bond donors (Lipinski definition) is 1. The Morgan fingerprint density at radius 2 is 2.05 bits per heavy atom. The summed E-state index contributed by atoms with van der Waals surface area (Å²) in [5.74, 6) is -0.177. The van der Waals surface area contributed by atoms with Crippen molar-refractivity contribution >= 4 is 17.6 Å². The third-order valence-corrected chi connectivity index (χ3v) is 3.43. The van der Waals surface area contributed by atoms with Crippen LogP contribution in [0.4, 0.5) is 0 Å². The van der Waals surface area contributed by atoms with Gasteiger partial charge in [0.05, 0.1) is 25.2 Å². The van der Waals surface area contributed by atoms with Gasteiger partial charge in [-0.25, -0.2) is 0 Å². The average molecular weight is 302 g/mol. The maximum absolute atomic E-state index is 10.8. The van der Waals surface area contributed by atoms with E-state index in [9.17, 15) is 4.79 Å². The lowest BCUT2D eigenvalue weighted by molar-refractivity contribution is -0.141. The topological polar surface area (TPSA) is 59.0 Å². The molecule has 0 aliphatic carbocycles. The highest BCUT2D eigenvalue weighted by atomic mass is 35.5. The first-order valence-corrected chi connectivity index (χ1v) is 6.59. The lowest BCUT2D eigenvalue weighted by Crippen LogP contribution is -2.28. The van der Waals surface area contributed by atoms with Crippen molar-refractivity contribution in [3.63, 3.8) is 0 Å². The van der Waals surface area contributed by atoms with Crippen LogP contribution in [0.15, 0.2) is 12.1 Å². The summed E-state index contributed by atoms with van der Waals surface area (Å²) in [5.41, 5.74) is 0.865. The van der Waals surface area contributed by atoms with E-state index in [0.717, 1.165) is 5.56 Å². The summed E-state index contributed by atoms with van der Waals surface area (Å²) in [5, 5.41) is 9.40. The number of ether oxygens (including phenoxy) is 2. The Morgan fingerprint density at radius 1 is 1.40 bits per heavy atom. The van der Waals surface area contributed by atoms with Gasteiger partial charge in [0.1, 0.15) is 0 Å². The number of hydrogen-bond acceptors (Lipinski definition) is 4. The predicted octanol–water partition coefficient (Wildman–Crippen LogP) is 2.51. The molecule has 1 atom stereocenters. The fourth-order valence-corrected chi connectivity index (χ4v) is 2.25. The first-order chi connectivity index (χ1) is 9.40. The van der Waals surface area contributed by atoms with Crippen LogP contribution in [0.5, 0.6) is 11.5 Å². The molecule has 0 aliphatic heterocycles. The number of aliphatic carboxylic acids is 1. The van der Waals surface area contributed by atoms with Crippen LogP contribution in [0.25, 0.3) is 0 Å². The van der Waals surface area contributed by atoms with Crippen LogP contribution in [-0.4, -0.2) is 43.8 Å². The Bertz CT molecular complexity index is 478. The van der Waals surface area contributed by atoms with E-state index in [1.54, 1.807) is 20.1 Å². The first-order valence-electron chi connectivity index (χ1n) is 6.21. The third kappa shape index (κ3) is 4.02. The number of nitrogens with zero attached hydrogens (tertiary/aromatic N) is 1. The van der Waals surface area contributed by atoms with Crippen molar-refractivity contribution in [2.75, 3.05) is 27.8 Å². The highest BCUT2D eigenvalue weighted by molar-refractivity contribution is 6.33. The van der Waals surface area contributed by atoms with Crippen molar-refractivity contribution in [2.45, 2.75) is 13.5 Å². The van der Waals surface area contributed by atoms with Crippen LogP contribution in [0.3, 0.4) is 0 Å². The zero-order valence-corrected chi connectivity index (χ0v) is 12.9. The molecule has 5 nitrogen and oxygen atoms in total. The molecule has 0 fully saturated rings. The van der Waals surface area contributed by atoms with Crippen LogP contribution in [0.2, 0.25) is 5.02 Å². The van der Waals surface area contributed by atoms with Crippen LogP contribution in [-0.2, 0) is 11.3 Å². The zero-order valence-electron chi connectivity index (χ0n) is 12.1. The molecular formula is C14H20ClNO4. The number of rotatable bonds is 7. The maximum Gasteiger partial charge on any atom is 0.307 e. The second kappa shape index (κ2) is 7.36.